The SMILES string of the molecule is CCC(C)(CNC(=O)O)NC(=O)c1c(C)nc2c(OCc3c(F)ccc(F)c3F)cc(C)cn12. The molecule has 1 aromatic carbocycles. The number of carbonyl (C=O) groups is 2. The minimum absolute atomic E-state index is 0.00148. The first-order chi connectivity index (χ1) is 16.0. The summed E-state index contributed by atoms with van der Waals surface area (Å²) in [6.45, 7) is 6.29. The molecule has 0 aliphatic rings. The van der Waals surface area contributed by atoms with Crippen LogP contribution in [0.25, 0.3) is 5.65 Å². The maximum Gasteiger partial charge on any atom is 0.404 e. The lowest BCUT2D eigenvalue weighted by atomic mass is 9.98. The van der Waals surface area contributed by atoms with Crippen LogP contribution in [0, 0.1) is 31.3 Å². The number of nitrogens with one attached hydrogen (secondary N) is 2. The molecule has 2 amide bonds. The normalized spacial score (nSPS) is 12.9. The number of nitrogens with zero attached hydrogens (tertiary/aromatic N) is 2. The van der Waals surface area contributed by atoms with Crippen LogP contribution in [0.4, 0.5) is 18.0 Å². The molecule has 1 atom stereocenters. The predicted octanol–water partition coefficient (Wildman–Crippen LogP) is 4.11. The van der Waals surface area contributed by atoms with Crippen LogP contribution in [-0.4, -0.2) is 38.6 Å². The fourth-order valence-corrected chi connectivity index (χ4v) is 3.45. The van der Waals surface area contributed by atoms with E-state index in [9.17, 15) is 22.8 Å². The molecule has 182 valence electrons. The molecule has 0 bridgehead atoms. The Kier molecular flexibility index (Phi) is 7.04. The first kappa shape index (κ1) is 24.9. The summed E-state index contributed by atoms with van der Waals surface area (Å²) >= 11 is 0. The van der Waals surface area contributed by atoms with E-state index in [4.69, 9.17) is 9.84 Å². The fourth-order valence-electron chi connectivity index (χ4n) is 3.45. The lowest BCUT2D eigenvalue weighted by Crippen LogP contribution is -2.53. The average Bonchev–Trinajstić information content (AvgIpc) is 3.10. The average molecular weight is 478 g/mol. The maximum absolute atomic E-state index is 14.0. The number of carboxylic acid groups (broad SMARTS) is 1. The molecule has 0 radical (unpaired) electrons. The third kappa shape index (κ3) is 5.08. The van der Waals surface area contributed by atoms with Crippen molar-refractivity contribution in [2.45, 2.75) is 46.3 Å². The predicted molar refractivity (Wildman–Crippen MR) is 118 cm³/mol. The molecule has 11 heteroatoms. The number of amides is 2. The van der Waals surface area contributed by atoms with Gasteiger partial charge in [0.05, 0.1) is 16.8 Å². The van der Waals surface area contributed by atoms with E-state index >= 15 is 0 Å². The zero-order chi connectivity index (χ0) is 25.2. The Balaban J connectivity index is 1.94. The highest BCUT2D eigenvalue weighted by atomic mass is 19.2. The van der Waals surface area contributed by atoms with Crippen LogP contribution < -0.4 is 15.4 Å². The van der Waals surface area contributed by atoms with Crippen LogP contribution in [-0.2, 0) is 6.61 Å². The minimum atomic E-state index is -1.34. The summed E-state index contributed by atoms with van der Waals surface area (Å²) in [5.41, 5.74) is 0.0296. The molecule has 3 aromatic rings. The molecule has 34 heavy (non-hydrogen) atoms. The molecular formula is C23H25F3N4O4. The molecule has 3 N–H and O–H groups in total. The van der Waals surface area contributed by atoms with E-state index in [0.29, 0.717) is 23.7 Å². The van der Waals surface area contributed by atoms with Gasteiger partial charge in [0.25, 0.3) is 5.91 Å². The van der Waals surface area contributed by atoms with E-state index in [1.807, 2.05) is 6.92 Å². The second-order valence-electron chi connectivity index (χ2n) is 8.26. The number of benzene rings is 1. The number of imidazole rings is 1. The molecule has 0 aliphatic carbocycles. The number of carbonyl (C=O) groups excluding carboxylic acids is 1. The van der Waals surface area contributed by atoms with Crippen molar-refractivity contribution in [2.75, 3.05) is 6.54 Å². The van der Waals surface area contributed by atoms with E-state index in [-0.39, 0.29) is 23.6 Å². The summed E-state index contributed by atoms with van der Waals surface area (Å²) in [6.07, 6.45) is 0.898. The number of rotatable bonds is 8. The molecule has 3 rings (SSSR count). The van der Waals surface area contributed by atoms with Crippen LogP contribution in [0.2, 0.25) is 0 Å². The van der Waals surface area contributed by atoms with Gasteiger partial charge in [-0.05, 0) is 51.0 Å². The second kappa shape index (κ2) is 9.62. The standard InChI is InChI=1S/C23H25F3N4O4/c1-5-23(4,11-27-22(32)33)29-21(31)19-13(3)28-20-17(8-12(2)9-30(19)20)34-10-14-15(24)6-7-16(25)18(14)26/h6-9,27H,5,10-11H2,1-4H3,(H,29,31)(H,32,33). The molecular weight excluding hydrogens is 453 g/mol. The number of aryl methyl sites for hydroxylation is 2. The summed E-state index contributed by atoms with van der Waals surface area (Å²) in [5, 5.41) is 14.0. The Labute approximate surface area is 193 Å². The van der Waals surface area contributed by atoms with Crippen molar-refractivity contribution in [2.24, 2.45) is 0 Å². The Hall–Kier alpha value is -3.76. The van der Waals surface area contributed by atoms with E-state index in [1.165, 1.54) is 4.40 Å². The summed E-state index contributed by atoms with van der Waals surface area (Å²) < 4.78 is 48.6. The summed E-state index contributed by atoms with van der Waals surface area (Å²) in [5.74, 6) is -3.81. The molecule has 0 fully saturated rings. The number of halogens is 3. The van der Waals surface area contributed by atoms with E-state index in [2.05, 4.69) is 15.6 Å². The van der Waals surface area contributed by atoms with Crippen molar-refractivity contribution in [1.82, 2.24) is 20.0 Å². The first-order valence-corrected chi connectivity index (χ1v) is 10.5. The van der Waals surface area contributed by atoms with Crippen LogP contribution in [0.1, 0.15) is 47.6 Å². The molecule has 8 nitrogen and oxygen atoms in total. The number of pyridine rings is 1. The van der Waals surface area contributed by atoms with Gasteiger partial charge in [0.1, 0.15) is 18.1 Å². The Bertz CT molecular complexity index is 1260. The van der Waals surface area contributed by atoms with E-state index < -0.39 is 47.2 Å². The quantitative estimate of drug-likeness (QED) is 0.423. The molecule has 0 saturated heterocycles. The summed E-state index contributed by atoms with van der Waals surface area (Å²) in [7, 11) is 0. The third-order valence-electron chi connectivity index (χ3n) is 5.55. The number of aromatic nitrogens is 2. The van der Waals surface area contributed by atoms with Gasteiger partial charge >= 0.3 is 6.09 Å². The smallest absolute Gasteiger partial charge is 0.404 e. The number of hydrogen-bond donors (Lipinski definition) is 3. The van der Waals surface area contributed by atoms with Gasteiger partial charge in [0.15, 0.2) is 23.0 Å². The van der Waals surface area contributed by atoms with Gasteiger partial charge in [-0.25, -0.2) is 22.9 Å². The Morgan fingerprint density at radius 2 is 1.88 bits per heavy atom. The second-order valence-corrected chi connectivity index (χ2v) is 8.26. The minimum Gasteiger partial charge on any atom is -0.485 e. The highest BCUT2D eigenvalue weighted by Gasteiger charge is 2.29. The number of fused-ring (bicyclic) bond motifs is 1. The molecule has 0 aliphatic heterocycles. The molecule has 2 aromatic heterocycles. The maximum atomic E-state index is 14.0. The van der Waals surface area contributed by atoms with Crippen molar-refractivity contribution < 1.29 is 32.6 Å². The highest BCUT2D eigenvalue weighted by molar-refractivity contribution is 5.95. The van der Waals surface area contributed by atoms with Crippen molar-refractivity contribution in [3.8, 4) is 5.75 Å². The van der Waals surface area contributed by atoms with Crippen LogP contribution in [0.15, 0.2) is 24.4 Å². The van der Waals surface area contributed by atoms with Gasteiger partial charge in [0.2, 0.25) is 0 Å². The zero-order valence-corrected chi connectivity index (χ0v) is 19.1. The topological polar surface area (TPSA) is 105 Å². The Morgan fingerprint density at radius 1 is 1.21 bits per heavy atom. The molecule has 0 spiro atoms. The van der Waals surface area contributed by atoms with E-state index in [1.54, 1.807) is 33.0 Å². The van der Waals surface area contributed by atoms with Crippen molar-refractivity contribution in [3.05, 3.63) is 64.4 Å². The van der Waals surface area contributed by atoms with Gasteiger partial charge < -0.3 is 20.5 Å². The van der Waals surface area contributed by atoms with Crippen LogP contribution in [0.3, 0.4) is 0 Å². The van der Waals surface area contributed by atoms with Crippen LogP contribution in [0.5, 0.6) is 5.75 Å². The van der Waals surface area contributed by atoms with E-state index in [0.717, 1.165) is 6.07 Å². The van der Waals surface area contributed by atoms with Gasteiger partial charge in [0, 0.05) is 12.7 Å². The van der Waals surface area contributed by atoms with Crippen LogP contribution >= 0.6 is 0 Å². The fraction of sp³-hybridized carbons (Fsp3) is 0.348. The van der Waals surface area contributed by atoms with Gasteiger partial charge in [-0.1, -0.05) is 6.92 Å². The monoisotopic (exact) mass is 478 g/mol. The molecule has 0 saturated carbocycles. The van der Waals surface area contributed by atoms with Crippen molar-refractivity contribution in [1.29, 1.82) is 0 Å². The van der Waals surface area contributed by atoms with Crippen molar-refractivity contribution >= 4 is 17.6 Å². The van der Waals surface area contributed by atoms with Gasteiger partial charge in [-0.3, -0.25) is 9.20 Å². The molecule has 2 heterocycles. The number of ether oxygens (including phenoxy) is 1. The first-order valence-electron chi connectivity index (χ1n) is 10.5. The van der Waals surface area contributed by atoms with Gasteiger partial charge in [-0.15, -0.1) is 0 Å². The Morgan fingerprint density at radius 3 is 2.53 bits per heavy atom. The largest absolute Gasteiger partial charge is 0.485 e. The summed E-state index contributed by atoms with van der Waals surface area (Å²) in [6, 6.07) is 3.10. The third-order valence-corrected chi connectivity index (χ3v) is 5.55. The zero-order valence-electron chi connectivity index (χ0n) is 19.1. The van der Waals surface area contributed by atoms with Crippen molar-refractivity contribution in [3.63, 3.8) is 0 Å². The van der Waals surface area contributed by atoms with Gasteiger partial charge in [-0.2, -0.15) is 0 Å². The number of hydrogen-bond acceptors (Lipinski definition) is 4. The lowest BCUT2D eigenvalue weighted by molar-refractivity contribution is 0.0893. The lowest BCUT2D eigenvalue weighted by Gasteiger charge is -2.29. The summed E-state index contributed by atoms with van der Waals surface area (Å²) in [4.78, 5) is 28.4. The molecule has 1 unspecified atom stereocenters. The highest BCUT2D eigenvalue weighted by Crippen LogP contribution is 2.26.